The van der Waals surface area contributed by atoms with E-state index < -0.39 is 10.0 Å². The number of nitrogens with one attached hydrogen (secondary N) is 2. The number of likely N-dealkylation sites (N-methyl/N-ethyl adjacent to an activating group) is 1. The summed E-state index contributed by atoms with van der Waals surface area (Å²) < 4.78 is 26.7. The number of hydrogen-bond acceptors (Lipinski definition) is 3. The molecule has 2 unspecified atom stereocenters. The Morgan fingerprint density at radius 2 is 1.71 bits per heavy atom. The first-order valence-corrected chi connectivity index (χ1v) is 9.27. The van der Waals surface area contributed by atoms with Crippen LogP contribution in [-0.2, 0) is 10.0 Å². The van der Waals surface area contributed by atoms with Gasteiger partial charge in [-0.25, -0.2) is 13.1 Å². The van der Waals surface area contributed by atoms with Gasteiger partial charge in [-0.05, 0) is 49.9 Å². The van der Waals surface area contributed by atoms with Crippen molar-refractivity contribution in [1.29, 1.82) is 0 Å². The van der Waals surface area contributed by atoms with Gasteiger partial charge in [-0.1, -0.05) is 32.9 Å². The fourth-order valence-corrected chi connectivity index (χ4v) is 3.69. The van der Waals surface area contributed by atoms with Gasteiger partial charge in [0.25, 0.3) is 0 Å². The zero-order valence-electron chi connectivity index (χ0n) is 13.5. The molecule has 0 aliphatic heterocycles. The SMILES string of the molecule is CCCNS(=O)(=O)c1ccc(C(CC)C(C)NCC)cc1. The van der Waals surface area contributed by atoms with Crippen molar-refractivity contribution < 1.29 is 8.42 Å². The van der Waals surface area contributed by atoms with Crippen LogP contribution in [0.4, 0.5) is 0 Å². The van der Waals surface area contributed by atoms with Crippen molar-refractivity contribution in [3.8, 4) is 0 Å². The van der Waals surface area contributed by atoms with Crippen molar-refractivity contribution in [3.05, 3.63) is 29.8 Å². The molecule has 0 amide bonds. The summed E-state index contributed by atoms with van der Waals surface area (Å²) >= 11 is 0. The van der Waals surface area contributed by atoms with E-state index in [0.29, 0.717) is 23.4 Å². The van der Waals surface area contributed by atoms with E-state index >= 15 is 0 Å². The van der Waals surface area contributed by atoms with Gasteiger partial charge in [0, 0.05) is 12.6 Å². The van der Waals surface area contributed by atoms with Gasteiger partial charge in [-0.2, -0.15) is 0 Å². The Hall–Kier alpha value is -0.910. The van der Waals surface area contributed by atoms with Crippen LogP contribution in [0.2, 0.25) is 0 Å². The molecule has 0 fully saturated rings. The Labute approximate surface area is 129 Å². The second-order valence-electron chi connectivity index (χ2n) is 5.33. The zero-order chi connectivity index (χ0) is 15.9. The summed E-state index contributed by atoms with van der Waals surface area (Å²) in [6.45, 7) is 9.78. The maximum Gasteiger partial charge on any atom is 0.240 e. The minimum atomic E-state index is -3.37. The summed E-state index contributed by atoms with van der Waals surface area (Å²) in [5.74, 6) is 0.394. The van der Waals surface area contributed by atoms with Crippen LogP contribution in [0.5, 0.6) is 0 Å². The van der Waals surface area contributed by atoms with Gasteiger partial charge in [0.05, 0.1) is 4.90 Å². The summed E-state index contributed by atoms with van der Waals surface area (Å²) in [5, 5.41) is 3.44. The molecule has 0 saturated heterocycles. The second-order valence-corrected chi connectivity index (χ2v) is 7.09. The third-order valence-electron chi connectivity index (χ3n) is 3.73. The van der Waals surface area contributed by atoms with E-state index in [-0.39, 0.29) is 0 Å². The van der Waals surface area contributed by atoms with Gasteiger partial charge in [0.15, 0.2) is 0 Å². The molecule has 1 rings (SSSR count). The van der Waals surface area contributed by atoms with E-state index in [4.69, 9.17) is 0 Å². The van der Waals surface area contributed by atoms with Crippen LogP contribution in [0.25, 0.3) is 0 Å². The van der Waals surface area contributed by atoms with E-state index in [2.05, 4.69) is 30.8 Å². The third-order valence-corrected chi connectivity index (χ3v) is 5.21. The Bertz CT molecular complexity index is 512. The second kappa shape index (κ2) is 8.51. The minimum absolute atomic E-state index is 0.339. The zero-order valence-corrected chi connectivity index (χ0v) is 14.3. The lowest BCUT2D eigenvalue weighted by atomic mass is 9.90. The lowest BCUT2D eigenvalue weighted by Crippen LogP contribution is -2.31. The predicted molar refractivity (Wildman–Crippen MR) is 88.1 cm³/mol. The Morgan fingerprint density at radius 3 is 2.19 bits per heavy atom. The van der Waals surface area contributed by atoms with Gasteiger partial charge in [-0.15, -0.1) is 0 Å². The van der Waals surface area contributed by atoms with Crippen LogP contribution >= 0.6 is 0 Å². The molecule has 2 atom stereocenters. The molecule has 0 heterocycles. The monoisotopic (exact) mass is 312 g/mol. The molecule has 1 aromatic rings. The molecule has 0 aromatic heterocycles. The summed E-state index contributed by atoms with van der Waals surface area (Å²) in [7, 11) is -3.37. The quantitative estimate of drug-likeness (QED) is 0.737. The van der Waals surface area contributed by atoms with Crippen LogP contribution in [0.3, 0.4) is 0 Å². The lowest BCUT2D eigenvalue weighted by Gasteiger charge is -2.24. The van der Waals surface area contributed by atoms with Crippen molar-refractivity contribution in [2.45, 2.75) is 57.4 Å². The first kappa shape index (κ1) is 18.1. The summed E-state index contributed by atoms with van der Waals surface area (Å²) in [6, 6.07) is 7.65. The molecular formula is C16H28N2O2S. The fourth-order valence-electron chi connectivity index (χ4n) is 2.56. The molecule has 120 valence electrons. The van der Waals surface area contributed by atoms with Crippen molar-refractivity contribution in [2.24, 2.45) is 0 Å². The molecular weight excluding hydrogens is 284 g/mol. The fraction of sp³-hybridized carbons (Fsp3) is 0.625. The number of rotatable bonds is 9. The van der Waals surface area contributed by atoms with Crippen LogP contribution in [-0.4, -0.2) is 27.5 Å². The van der Waals surface area contributed by atoms with E-state index in [1.807, 2.05) is 19.1 Å². The van der Waals surface area contributed by atoms with Crippen LogP contribution in [0, 0.1) is 0 Å². The Morgan fingerprint density at radius 1 is 1.10 bits per heavy atom. The molecule has 21 heavy (non-hydrogen) atoms. The summed E-state index contributed by atoms with van der Waals surface area (Å²) in [4.78, 5) is 0.339. The van der Waals surface area contributed by atoms with Crippen LogP contribution < -0.4 is 10.0 Å². The lowest BCUT2D eigenvalue weighted by molar-refractivity contribution is 0.460. The third kappa shape index (κ3) is 5.09. The van der Waals surface area contributed by atoms with E-state index in [1.54, 1.807) is 12.1 Å². The van der Waals surface area contributed by atoms with E-state index in [1.165, 1.54) is 5.56 Å². The van der Waals surface area contributed by atoms with Gasteiger partial charge in [-0.3, -0.25) is 0 Å². The maximum atomic E-state index is 12.1. The molecule has 0 aliphatic rings. The average Bonchev–Trinajstić information content (AvgIpc) is 2.47. The highest BCUT2D eigenvalue weighted by atomic mass is 32.2. The Kier molecular flexibility index (Phi) is 7.35. The average molecular weight is 312 g/mol. The van der Waals surface area contributed by atoms with Crippen molar-refractivity contribution in [1.82, 2.24) is 10.0 Å². The van der Waals surface area contributed by atoms with Crippen molar-refractivity contribution in [2.75, 3.05) is 13.1 Å². The van der Waals surface area contributed by atoms with Crippen molar-refractivity contribution >= 4 is 10.0 Å². The standard InChI is InChI=1S/C16H28N2O2S/c1-5-12-18-21(19,20)15-10-8-14(9-11-15)16(6-2)13(4)17-7-3/h8-11,13,16-18H,5-7,12H2,1-4H3. The smallest absolute Gasteiger partial charge is 0.240 e. The molecule has 0 spiro atoms. The van der Waals surface area contributed by atoms with Crippen LogP contribution in [0.15, 0.2) is 29.2 Å². The molecule has 0 saturated carbocycles. The molecule has 2 N–H and O–H groups in total. The van der Waals surface area contributed by atoms with Gasteiger partial charge < -0.3 is 5.32 Å². The topological polar surface area (TPSA) is 58.2 Å². The predicted octanol–water partition coefficient (Wildman–Crippen LogP) is 2.87. The maximum absolute atomic E-state index is 12.1. The molecule has 0 aliphatic carbocycles. The van der Waals surface area contributed by atoms with Gasteiger partial charge in [0.2, 0.25) is 10.0 Å². The first-order valence-electron chi connectivity index (χ1n) is 7.79. The normalized spacial score (nSPS) is 14.9. The van der Waals surface area contributed by atoms with Gasteiger partial charge in [0.1, 0.15) is 0 Å². The number of sulfonamides is 1. The van der Waals surface area contributed by atoms with Crippen LogP contribution in [0.1, 0.15) is 52.0 Å². The first-order chi connectivity index (χ1) is 9.96. The molecule has 0 radical (unpaired) electrons. The molecule has 4 nitrogen and oxygen atoms in total. The number of hydrogen-bond donors (Lipinski definition) is 2. The highest BCUT2D eigenvalue weighted by Crippen LogP contribution is 2.24. The van der Waals surface area contributed by atoms with E-state index in [9.17, 15) is 8.42 Å². The number of benzene rings is 1. The van der Waals surface area contributed by atoms with Gasteiger partial charge >= 0.3 is 0 Å². The Balaban J connectivity index is 2.90. The highest BCUT2D eigenvalue weighted by molar-refractivity contribution is 7.89. The molecule has 1 aromatic carbocycles. The molecule has 5 heteroatoms. The highest BCUT2D eigenvalue weighted by Gasteiger charge is 2.18. The van der Waals surface area contributed by atoms with E-state index in [0.717, 1.165) is 19.4 Å². The van der Waals surface area contributed by atoms with Crippen molar-refractivity contribution in [3.63, 3.8) is 0 Å². The summed E-state index contributed by atoms with van der Waals surface area (Å²) in [6.07, 6.45) is 1.81. The largest absolute Gasteiger partial charge is 0.314 e. The summed E-state index contributed by atoms with van der Waals surface area (Å²) in [5.41, 5.74) is 1.18. The minimum Gasteiger partial charge on any atom is -0.314 e. The molecule has 0 bridgehead atoms.